The van der Waals surface area contributed by atoms with Gasteiger partial charge in [-0.2, -0.15) is 0 Å². The van der Waals surface area contributed by atoms with Crippen LogP contribution in [0.25, 0.3) is 0 Å². The van der Waals surface area contributed by atoms with Crippen molar-refractivity contribution in [2.24, 2.45) is 5.92 Å². The van der Waals surface area contributed by atoms with E-state index in [4.69, 9.17) is 10.1 Å². The van der Waals surface area contributed by atoms with E-state index < -0.39 is 0 Å². The Labute approximate surface area is 139 Å². The van der Waals surface area contributed by atoms with Crippen LogP contribution in [-0.2, 0) is 5.41 Å². The van der Waals surface area contributed by atoms with Gasteiger partial charge in [-0.15, -0.1) is 0 Å². The van der Waals surface area contributed by atoms with Crippen LogP contribution in [0.2, 0.25) is 0 Å². The second-order valence-corrected chi connectivity index (χ2v) is 6.69. The van der Waals surface area contributed by atoms with Crippen molar-refractivity contribution < 1.29 is 4.74 Å². The molecule has 1 atom stereocenters. The van der Waals surface area contributed by atoms with E-state index in [-0.39, 0.29) is 5.41 Å². The molecule has 3 nitrogen and oxygen atoms in total. The topological polar surface area (TPSA) is 36.3 Å². The third-order valence-electron chi connectivity index (χ3n) is 5.29. The number of benzene rings is 1. The molecule has 3 heteroatoms. The lowest BCUT2D eigenvalue weighted by Crippen LogP contribution is -2.36. The van der Waals surface area contributed by atoms with Crippen molar-refractivity contribution in [3.05, 3.63) is 54.1 Å². The van der Waals surface area contributed by atoms with Gasteiger partial charge in [0.15, 0.2) is 0 Å². The predicted octanol–water partition coefficient (Wildman–Crippen LogP) is 4.16. The number of rotatable bonds is 5. The lowest BCUT2D eigenvalue weighted by Gasteiger charge is -2.38. The van der Waals surface area contributed by atoms with E-state index in [0.717, 1.165) is 31.2 Å². The molecular weight excluding hydrogens is 284 g/mol. The van der Waals surface area contributed by atoms with Crippen LogP contribution in [0.1, 0.15) is 31.2 Å². The van der Waals surface area contributed by atoms with Gasteiger partial charge in [-0.3, -0.25) is 5.41 Å². The number of hydrogen-bond acceptors (Lipinski definition) is 2. The molecule has 1 unspecified atom stereocenters. The Kier molecular flexibility index (Phi) is 4.85. The molecule has 1 aromatic carbocycles. The second-order valence-electron chi connectivity index (χ2n) is 6.69. The van der Waals surface area contributed by atoms with Crippen LogP contribution in [0.5, 0.6) is 5.75 Å². The van der Waals surface area contributed by atoms with Gasteiger partial charge in [0, 0.05) is 18.5 Å². The van der Waals surface area contributed by atoms with Gasteiger partial charge >= 0.3 is 0 Å². The Hall–Kier alpha value is -2.03. The Bertz CT molecular complexity index is 582. The molecule has 1 aliphatic carbocycles. The molecule has 2 aliphatic rings. The highest BCUT2D eigenvalue weighted by atomic mass is 16.5. The van der Waals surface area contributed by atoms with E-state index in [1.807, 2.05) is 0 Å². The lowest BCUT2D eigenvalue weighted by atomic mass is 9.68. The quantitative estimate of drug-likeness (QED) is 0.655. The summed E-state index contributed by atoms with van der Waals surface area (Å²) in [6.45, 7) is 2.04. The first-order valence-corrected chi connectivity index (χ1v) is 8.49. The Balaban J connectivity index is 1.78. The average molecular weight is 310 g/mol. The summed E-state index contributed by atoms with van der Waals surface area (Å²) in [6, 6.07) is 8.58. The molecule has 1 saturated heterocycles. The number of nitrogens with zero attached hydrogens (tertiary/aromatic N) is 1. The minimum absolute atomic E-state index is 0.110. The Morgan fingerprint density at radius 2 is 1.96 bits per heavy atom. The minimum Gasteiger partial charge on any atom is -0.497 e. The molecule has 1 aromatic rings. The smallest absolute Gasteiger partial charge is 0.118 e. The van der Waals surface area contributed by atoms with Crippen LogP contribution >= 0.6 is 0 Å². The highest BCUT2D eigenvalue weighted by molar-refractivity contribution is 5.50. The summed E-state index contributed by atoms with van der Waals surface area (Å²) in [5.41, 5.74) is 1.49. The van der Waals surface area contributed by atoms with Crippen molar-refractivity contribution in [2.75, 3.05) is 20.2 Å². The summed E-state index contributed by atoms with van der Waals surface area (Å²) in [5.74, 6) is 1.64. The van der Waals surface area contributed by atoms with Crippen LogP contribution < -0.4 is 4.74 Å². The molecule has 23 heavy (non-hydrogen) atoms. The van der Waals surface area contributed by atoms with Gasteiger partial charge in [0.05, 0.1) is 13.4 Å². The standard InChI is InChI=1S/C20H26N2O/c1-23-19-7-5-18(6-8-19)20(11-3-2-4-12-20)15-17-9-13-22(16-21)14-10-17/h2-8,11,16-17,21H,9-10,12-15H2,1H3. The molecule has 1 fully saturated rings. The zero-order valence-electron chi connectivity index (χ0n) is 13.9. The number of hydrogen-bond donors (Lipinski definition) is 1. The van der Waals surface area contributed by atoms with Crippen molar-refractivity contribution in [3.8, 4) is 5.75 Å². The zero-order valence-corrected chi connectivity index (χ0v) is 13.9. The summed E-state index contributed by atoms with van der Waals surface area (Å²) in [6.07, 6.45) is 15.1. The SMILES string of the molecule is COc1ccc(C2(CC3CCN(C=N)CC3)C=CC=CC2)cc1. The second kappa shape index (κ2) is 7.03. The number of methoxy groups -OCH3 is 1. The van der Waals surface area contributed by atoms with Gasteiger partial charge < -0.3 is 9.64 Å². The molecule has 0 bridgehead atoms. The van der Waals surface area contributed by atoms with Gasteiger partial charge in [0.25, 0.3) is 0 Å². The number of likely N-dealkylation sites (tertiary alicyclic amines) is 1. The summed E-state index contributed by atoms with van der Waals surface area (Å²) in [4.78, 5) is 2.12. The van der Waals surface area contributed by atoms with E-state index in [9.17, 15) is 0 Å². The van der Waals surface area contributed by atoms with Gasteiger partial charge in [-0.25, -0.2) is 0 Å². The van der Waals surface area contributed by atoms with Crippen LogP contribution in [0, 0.1) is 11.3 Å². The van der Waals surface area contributed by atoms with Gasteiger partial charge in [0.2, 0.25) is 0 Å². The third kappa shape index (κ3) is 3.49. The number of nitrogens with one attached hydrogen (secondary N) is 1. The minimum atomic E-state index is 0.110. The highest BCUT2D eigenvalue weighted by Crippen LogP contribution is 2.41. The first kappa shape index (κ1) is 15.9. The van der Waals surface area contributed by atoms with Crippen molar-refractivity contribution >= 4 is 6.34 Å². The van der Waals surface area contributed by atoms with E-state index in [1.54, 1.807) is 7.11 Å². The van der Waals surface area contributed by atoms with E-state index in [0.29, 0.717) is 0 Å². The fraction of sp³-hybridized carbons (Fsp3) is 0.450. The predicted molar refractivity (Wildman–Crippen MR) is 95.3 cm³/mol. The fourth-order valence-electron chi connectivity index (χ4n) is 3.87. The zero-order chi connectivity index (χ0) is 16.1. The molecule has 0 saturated carbocycles. The third-order valence-corrected chi connectivity index (χ3v) is 5.29. The Morgan fingerprint density at radius 3 is 2.52 bits per heavy atom. The molecule has 1 heterocycles. The molecule has 3 rings (SSSR count). The summed E-state index contributed by atoms with van der Waals surface area (Å²) >= 11 is 0. The molecular formula is C20H26N2O. The van der Waals surface area contributed by atoms with Crippen molar-refractivity contribution in [2.45, 2.75) is 31.1 Å². The maximum Gasteiger partial charge on any atom is 0.118 e. The van der Waals surface area contributed by atoms with Crippen LogP contribution in [0.15, 0.2) is 48.6 Å². The number of allylic oxidation sites excluding steroid dienone is 4. The van der Waals surface area contributed by atoms with Gasteiger partial charge in [-0.05, 0) is 49.3 Å². The normalized spacial score (nSPS) is 24.7. The number of piperidine rings is 1. The van der Waals surface area contributed by atoms with Crippen LogP contribution in [0.3, 0.4) is 0 Å². The molecule has 0 spiro atoms. The fourth-order valence-corrected chi connectivity index (χ4v) is 3.87. The summed E-state index contributed by atoms with van der Waals surface area (Å²) in [5, 5.41) is 7.40. The molecule has 1 N–H and O–H groups in total. The lowest BCUT2D eigenvalue weighted by molar-refractivity contribution is 0.232. The highest BCUT2D eigenvalue weighted by Gasteiger charge is 2.33. The Morgan fingerprint density at radius 1 is 1.22 bits per heavy atom. The van der Waals surface area contributed by atoms with Crippen LogP contribution in [-0.4, -0.2) is 31.4 Å². The largest absolute Gasteiger partial charge is 0.497 e. The van der Waals surface area contributed by atoms with Crippen molar-refractivity contribution in [1.29, 1.82) is 5.41 Å². The average Bonchev–Trinajstić information content (AvgIpc) is 2.63. The summed E-state index contributed by atoms with van der Waals surface area (Å²) < 4.78 is 5.30. The van der Waals surface area contributed by atoms with Gasteiger partial charge in [0.1, 0.15) is 5.75 Å². The van der Waals surface area contributed by atoms with E-state index in [2.05, 4.69) is 53.5 Å². The van der Waals surface area contributed by atoms with Crippen LogP contribution in [0.4, 0.5) is 0 Å². The molecule has 0 radical (unpaired) electrons. The maximum absolute atomic E-state index is 7.40. The van der Waals surface area contributed by atoms with E-state index in [1.165, 1.54) is 31.2 Å². The first-order chi connectivity index (χ1) is 11.3. The monoisotopic (exact) mass is 310 g/mol. The molecule has 0 amide bonds. The first-order valence-electron chi connectivity index (χ1n) is 8.49. The van der Waals surface area contributed by atoms with Gasteiger partial charge in [-0.1, -0.05) is 36.4 Å². The number of ether oxygens (including phenoxy) is 1. The molecule has 0 aromatic heterocycles. The molecule has 122 valence electrons. The maximum atomic E-state index is 7.40. The summed E-state index contributed by atoms with van der Waals surface area (Å²) in [7, 11) is 1.71. The van der Waals surface area contributed by atoms with E-state index >= 15 is 0 Å². The van der Waals surface area contributed by atoms with Crippen molar-refractivity contribution in [1.82, 2.24) is 4.90 Å². The van der Waals surface area contributed by atoms with Crippen molar-refractivity contribution in [3.63, 3.8) is 0 Å². The molecule has 1 aliphatic heterocycles.